The van der Waals surface area contributed by atoms with E-state index in [0.29, 0.717) is 0 Å². The van der Waals surface area contributed by atoms with Gasteiger partial charge in [-0.15, -0.1) is 0 Å². The number of nitrogens with zero attached hydrogens (tertiary/aromatic N) is 3. The summed E-state index contributed by atoms with van der Waals surface area (Å²) < 4.78 is 0. The van der Waals surface area contributed by atoms with Crippen molar-refractivity contribution in [3.63, 3.8) is 0 Å². The largest absolute Gasteiger partial charge is 0.256 e. The number of hydrogen-bond acceptors (Lipinski definition) is 3. The monoisotopic (exact) mass is 451 g/mol. The third-order valence-corrected chi connectivity index (χ3v) is 6.70. The molecule has 6 aromatic rings. The molecule has 0 fully saturated rings. The summed E-state index contributed by atoms with van der Waals surface area (Å²) in [4.78, 5) is 14.5. The third-order valence-electron chi connectivity index (χ3n) is 6.70. The van der Waals surface area contributed by atoms with Crippen LogP contribution in [0.3, 0.4) is 0 Å². The molecule has 0 radical (unpaired) electrons. The fraction of sp³-hybridized carbons (Fsp3) is 0.0938. The van der Waals surface area contributed by atoms with E-state index in [9.17, 15) is 0 Å². The minimum absolute atomic E-state index is 0.955. The summed E-state index contributed by atoms with van der Waals surface area (Å²) >= 11 is 0. The zero-order chi connectivity index (χ0) is 23.9. The highest BCUT2D eigenvalue weighted by atomic mass is 14.7. The zero-order valence-electron chi connectivity index (χ0n) is 20.1. The Bertz CT molecular complexity index is 1720. The quantitative estimate of drug-likeness (QED) is 0.255. The molecule has 0 aliphatic carbocycles. The Kier molecular flexibility index (Phi) is 5.11. The van der Waals surface area contributed by atoms with E-state index in [1.54, 1.807) is 0 Å². The van der Waals surface area contributed by atoms with E-state index in [-0.39, 0.29) is 0 Å². The summed E-state index contributed by atoms with van der Waals surface area (Å²) in [6.45, 7) is 6.41. The van der Waals surface area contributed by atoms with Crippen molar-refractivity contribution < 1.29 is 0 Å². The van der Waals surface area contributed by atoms with Crippen molar-refractivity contribution in [3.8, 4) is 33.8 Å². The van der Waals surface area contributed by atoms with Crippen molar-refractivity contribution in [2.24, 2.45) is 0 Å². The molecule has 0 saturated heterocycles. The molecule has 0 aliphatic rings. The molecule has 3 heterocycles. The molecule has 3 nitrogen and oxygen atoms in total. The molecule has 35 heavy (non-hydrogen) atoms. The van der Waals surface area contributed by atoms with Gasteiger partial charge in [-0.25, -0.2) is 4.98 Å². The summed E-state index contributed by atoms with van der Waals surface area (Å²) in [6.07, 6.45) is 3.69. The van der Waals surface area contributed by atoms with E-state index in [2.05, 4.69) is 91.4 Å². The van der Waals surface area contributed by atoms with Gasteiger partial charge < -0.3 is 0 Å². The fourth-order valence-corrected chi connectivity index (χ4v) is 4.82. The topological polar surface area (TPSA) is 38.7 Å². The first-order valence-corrected chi connectivity index (χ1v) is 11.9. The van der Waals surface area contributed by atoms with Crippen LogP contribution in [0.2, 0.25) is 0 Å². The average Bonchev–Trinajstić information content (AvgIpc) is 2.89. The lowest BCUT2D eigenvalue weighted by atomic mass is 9.94. The summed E-state index contributed by atoms with van der Waals surface area (Å²) in [5.74, 6) is 0. The molecular formula is C32H25N3. The molecule has 0 saturated carbocycles. The molecule has 0 spiro atoms. The Morgan fingerprint density at radius 2 is 1.40 bits per heavy atom. The standard InChI is InChI=1S/C32H25N3/c1-20-9-13-24-25-7-6-16-34-31(25)19-28(27(24)17-20)30-14-11-22(3)32(35-30)26-18-23(12-10-21(26)2)29-8-4-5-15-33-29/h4-19H,1-3H3. The van der Waals surface area contributed by atoms with Crippen LogP contribution in [0.5, 0.6) is 0 Å². The third kappa shape index (κ3) is 3.75. The predicted molar refractivity (Wildman–Crippen MR) is 145 cm³/mol. The maximum absolute atomic E-state index is 5.25. The molecule has 0 aliphatic heterocycles. The second kappa shape index (κ2) is 8.44. The van der Waals surface area contributed by atoms with Crippen molar-refractivity contribution in [1.29, 1.82) is 0 Å². The van der Waals surface area contributed by atoms with Crippen LogP contribution >= 0.6 is 0 Å². The van der Waals surface area contributed by atoms with Crippen molar-refractivity contribution in [3.05, 3.63) is 114 Å². The van der Waals surface area contributed by atoms with E-state index >= 15 is 0 Å². The van der Waals surface area contributed by atoms with Gasteiger partial charge in [-0.1, -0.05) is 54.1 Å². The minimum atomic E-state index is 0.955. The van der Waals surface area contributed by atoms with E-state index in [1.807, 2.05) is 36.7 Å². The Labute approximate surface area is 205 Å². The number of hydrogen-bond donors (Lipinski definition) is 0. The van der Waals surface area contributed by atoms with E-state index in [4.69, 9.17) is 4.98 Å². The minimum Gasteiger partial charge on any atom is -0.256 e. The predicted octanol–water partition coefficient (Wildman–Crippen LogP) is 8.10. The second-order valence-corrected chi connectivity index (χ2v) is 9.15. The van der Waals surface area contributed by atoms with Gasteiger partial charge in [0, 0.05) is 34.5 Å². The van der Waals surface area contributed by atoms with Crippen LogP contribution in [-0.4, -0.2) is 15.0 Å². The van der Waals surface area contributed by atoms with Crippen LogP contribution in [0, 0.1) is 20.8 Å². The molecule has 0 atom stereocenters. The number of pyridine rings is 3. The SMILES string of the molecule is Cc1ccc2c(c1)c(-c1ccc(C)c(-c3cc(-c4ccccn4)ccc3C)n1)cc1ncccc12. The van der Waals surface area contributed by atoms with Gasteiger partial charge in [0.2, 0.25) is 0 Å². The number of aromatic nitrogens is 3. The van der Waals surface area contributed by atoms with Crippen molar-refractivity contribution in [1.82, 2.24) is 15.0 Å². The maximum atomic E-state index is 5.25. The summed E-state index contributed by atoms with van der Waals surface area (Å²) in [7, 11) is 0. The Balaban J connectivity index is 1.58. The molecule has 0 amide bonds. The van der Waals surface area contributed by atoms with Gasteiger partial charge in [-0.2, -0.15) is 0 Å². The Morgan fingerprint density at radius 3 is 2.26 bits per heavy atom. The fourth-order valence-electron chi connectivity index (χ4n) is 4.82. The van der Waals surface area contributed by atoms with Crippen LogP contribution in [-0.2, 0) is 0 Å². The normalized spacial score (nSPS) is 11.3. The molecular weight excluding hydrogens is 426 g/mol. The van der Waals surface area contributed by atoms with Crippen LogP contribution < -0.4 is 0 Å². The number of fused-ring (bicyclic) bond motifs is 3. The number of benzene rings is 3. The van der Waals surface area contributed by atoms with Gasteiger partial charge >= 0.3 is 0 Å². The van der Waals surface area contributed by atoms with E-state index in [1.165, 1.54) is 21.9 Å². The zero-order valence-corrected chi connectivity index (χ0v) is 20.1. The first kappa shape index (κ1) is 21.2. The van der Waals surface area contributed by atoms with E-state index < -0.39 is 0 Å². The molecule has 3 heteroatoms. The van der Waals surface area contributed by atoms with Crippen molar-refractivity contribution in [2.45, 2.75) is 20.8 Å². The Morgan fingerprint density at radius 1 is 0.543 bits per heavy atom. The highest BCUT2D eigenvalue weighted by molar-refractivity contribution is 6.12. The summed E-state index contributed by atoms with van der Waals surface area (Å²) in [5.41, 5.74) is 10.8. The lowest BCUT2D eigenvalue weighted by Crippen LogP contribution is -1.96. The van der Waals surface area contributed by atoms with Crippen LogP contribution in [0.15, 0.2) is 97.3 Å². The van der Waals surface area contributed by atoms with Crippen LogP contribution in [0.25, 0.3) is 55.4 Å². The first-order chi connectivity index (χ1) is 17.1. The molecule has 0 bridgehead atoms. The maximum Gasteiger partial charge on any atom is 0.0741 e. The second-order valence-electron chi connectivity index (χ2n) is 9.15. The van der Waals surface area contributed by atoms with Gasteiger partial charge in [0.15, 0.2) is 0 Å². The van der Waals surface area contributed by atoms with Crippen molar-refractivity contribution in [2.75, 3.05) is 0 Å². The van der Waals surface area contributed by atoms with Crippen LogP contribution in [0.1, 0.15) is 16.7 Å². The van der Waals surface area contributed by atoms with E-state index in [0.717, 1.165) is 50.2 Å². The highest BCUT2D eigenvalue weighted by Crippen LogP contribution is 2.36. The summed E-state index contributed by atoms with van der Waals surface area (Å²) in [6, 6.07) is 29.8. The highest BCUT2D eigenvalue weighted by Gasteiger charge is 2.15. The van der Waals surface area contributed by atoms with Crippen LogP contribution in [0.4, 0.5) is 0 Å². The average molecular weight is 452 g/mol. The lowest BCUT2D eigenvalue weighted by molar-refractivity contribution is 1.26. The molecule has 3 aromatic heterocycles. The van der Waals surface area contributed by atoms with Gasteiger partial charge in [0.25, 0.3) is 0 Å². The van der Waals surface area contributed by atoms with Gasteiger partial charge in [-0.3, -0.25) is 9.97 Å². The number of aryl methyl sites for hydroxylation is 3. The lowest BCUT2D eigenvalue weighted by Gasteiger charge is -2.15. The summed E-state index contributed by atoms with van der Waals surface area (Å²) in [5, 5.41) is 3.57. The number of rotatable bonds is 3. The van der Waals surface area contributed by atoms with Gasteiger partial charge in [0.1, 0.15) is 0 Å². The molecule has 0 N–H and O–H groups in total. The molecule has 168 valence electrons. The van der Waals surface area contributed by atoms with Gasteiger partial charge in [0.05, 0.1) is 22.6 Å². The molecule has 6 rings (SSSR count). The first-order valence-electron chi connectivity index (χ1n) is 11.9. The smallest absolute Gasteiger partial charge is 0.0741 e. The van der Waals surface area contributed by atoms with Crippen molar-refractivity contribution >= 4 is 21.7 Å². The Hall–Kier alpha value is -4.37. The van der Waals surface area contributed by atoms with Gasteiger partial charge in [-0.05, 0) is 79.1 Å². The molecule has 0 unspecified atom stereocenters. The molecule has 3 aromatic carbocycles.